The molecule has 1 aromatic heterocycles. The third-order valence-electron chi connectivity index (χ3n) is 7.93. The third-order valence-corrected chi connectivity index (χ3v) is 9.12. The van der Waals surface area contributed by atoms with Gasteiger partial charge in [0.05, 0.1) is 5.69 Å². The molecule has 1 atom stereocenters. The van der Waals surface area contributed by atoms with Gasteiger partial charge in [-0.15, -0.1) is 11.3 Å². The summed E-state index contributed by atoms with van der Waals surface area (Å²) < 4.78 is 0. The summed E-state index contributed by atoms with van der Waals surface area (Å²) in [4.78, 5) is 29.2. The van der Waals surface area contributed by atoms with Crippen molar-refractivity contribution < 1.29 is 14.7 Å². The standard InChI is InChI=1S/C28H43NO3S/c1-19-13-15-22(16-14-19)26(30)29(17-9-10-20(2)28(3,4)5)23-18-24(33-25(23)27(31)32)21-11-7-6-8-12-21/h11,18-20,22H,6-10,12-17H2,1-5H3,(H,31,32). The number of allylic oxidation sites excluding steroid dienone is 2. The Labute approximate surface area is 204 Å². The van der Waals surface area contributed by atoms with Crippen molar-refractivity contribution in [2.45, 2.75) is 98.8 Å². The number of aromatic carboxylic acids is 1. The minimum Gasteiger partial charge on any atom is -0.477 e. The minimum atomic E-state index is -0.921. The van der Waals surface area contributed by atoms with E-state index in [0.29, 0.717) is 28.9 Å². The molecule has 1 heterocycles. The van der Waals surface area contributed by atoms with Crippen LogP contribution in [0.5, 0.6) is 0 Å². The van der Waals surface area contributed by atoms with Gasteiger partial charge >= 0.3 is 5.97 Å². The summed E-state index contributed by atoms with van der Waals surface area (Å²) in [6.45, 7) is 11.9. The van der Waals surface area contributed by atoms with Gasteiger partial charge in [0.25, 0.3) is 0 Å². The van der Waals surface area contributed by atoms with Crippen molar-refractivity contribution in [1.82, 2.24) is 0 Å². The first kappa shape index (κ1) is 26.0. The fourth-order valence-electron chi connectivity index (χ4n) is 5.02. The molecule has 5 heteroatoms. The molecule has 1 fully saturated rings. The highest BCUT2D eigenvalue weighted by Crippen LogP contribution is 2.40. The summed E-state index contributed by atoms with van der Waals surface area (Å²) in [5.74, 6) is 0.441. The molecule has 1 aromatic rings. The van der Waals surface area contributed by atoms with E-state index in [1.54, 1.807) is 0 Å². The zero-order chi connectivity index (χ0) is 24.2. The Balaban J connectivity index is 1.88. The van der Waals surface area contributed by atoms with Gasteiger partial charge in [0.2, 0.25) is 5.91 Å². The van der Waals surface area contributed by atoms with Gasteiger partial charge in [-0.25, -0.2) is 4.79 Å². The van der Waals surface area contributed by atoms with Crippen LogP contribution in [0.1, 0.15) is 113 Å². The zero-order valence-electron chi connectivity index (χ0n) is 21.3. The first-order valence-electron chi connectivity index (χ1n) is 13.0. The Morgan fingerprint density at radius 1 is 1.18 bits per heavy atom. The highest BCUT2D eigenvalue weighted by atomic mass is 32.1. The van der Waals surface area contributed by atoms with Crippen LogP contribution in [-0.4, -0.2) is 23.5 Å². The number of carbonyl (C=O) groups excluding carboxylic acids is 1. The fraction of sp³-hybridized carbons (Fsp3) is 0.714. The van der Waals surface area contributed by atoms with Gasteiger partial charge in [-0.1, -0.05) is 40.7 Å². The largest absolute Gasteiger partial charge is 0.477 e. The van der Waals surface area contributed by atoms with Crippen LogP contribution in [0.15, 0.2) is 12.1 Å². The maximum Gasteiger partial charge on any atom is 0.348 e. The SMILES string of the molecule is CC1CCC(C(=O)N(CCCC(C)C(C)(C)C)c2cc(C3=CCCCC3)sc2C(=O)O)CC1. The molecule has 1 amide bonds. The Bertz CT molecular complexity index is 855. The van der Waals surface area contributed by atoms with E-state index in [2.05, 4.69) is 40.7 Å². The molecule has 2 aliphatic carbocycles. The van der Waals surface area contributed by atoms with E-state index in [1.807, 2.05) is 11.0 Å². The number of thiophene rings is 1. The number of carbonyl (C=O) groups is 2. The van der Waals surface area contributed by atoms with Crippen LogP contribution in [0.4, 0.5) is 5.69 Å². The Morgan fingerprint density at radius 3 is 2.45 bits per heavy atom. The third kappa shape index (κ3) is 6.71. The van der Waals surface area contributed by atoms with Gasteiger partial charge in [0.1, 0.15) is 4.88 Å². The van der Waals surface area contributed by atoms with Crippen LogP contribution in [0.2, 0.25) is 0 Å². The average molecular weight is 474 g/mol. The van der Waals surface area contributed by atoms with Crippen LogP contribution in [0.3, 0.4) is 0 Å². The van der Waals surface area contributed by atoms with Crippen molar-refractivity contribution in [3.63, 3.8) is 0 Å². The number of hydrogen-bond acceptors (Lipinski definition) is 3. The van der Waals surface area contributed by atoms with Gasteiger partial charge < -0.3 is 10.0 Å². The lowest BCUT2D eigenvalue weighted by molar-refractivity contribution is -0.123. The van der Waals surface area contributed by atoms with Gasteiger partial charge in [0.15, 0.2) is 0 Å². The van der Waals surface area contributed by atoms with Crippen molar-refractivity contribution >= 4 is 34.5 Å². The van der Waals surface area contributed by atoms with Crippen LogP contribution < -0.4 is 4.90 Å². The second-order valence-electron chi connectivity index (χ2n) is 11.5. The summed E-state index contributed by atoms with van der Waals surface area (Å²) in [5.41, 5.74) is 2.10. The lowest BCUT2D eigenvalue weighted by atomic mass is 9.79. The molecule has 4 nitrogen and oxygen atoms in total. The molecular formula is C28H43NO3S. The highest BCUT2D eigenvalue weighted by molar-refractivity contribution is 7.15. The molecule has 184 valence electrons. The molecule has 0 saturated heterocycles. The fourth-order valence-corrected chi connectivity index (χ4v) is 6.09. The molecule has 0 spiro atoms. The quantitative estimate of drug-likeness (QED) is 0.416. The molecular weight excluding hydrogens is 430 g/mol. The summed E-state index contributed by atoms with van der Waals surface area (Å²) >= 11 is 1.35. The van der Waals surface area contributed by atoms with Crippen molar-refractivity contribution in [2.75, 3.05) is 11.4 Å². The number of amides is 1. The molecule has 0 radical (unpaired) electrons. The van der Waals surface area contributed by atoms with Crippen LogP contribution >= 0.6 is 11.3 Å². The summed E-state index contributed by atoms with van der Waals surface area (Å²) in [7, 11) is 0. The number of carboxylic acid groups (broad SMARTS) is 1. The Morgan fingerprint density at radius 2 is 1.88 bits per heavy atom. The molecule has 1 saturated carbocycles. The molecule has 3 rings (SSSR count). The lowest BCUT2D eigenvalue weighted by Gasteiger charge is -2.32. The molecule has 1 N–H and O–H groups in total. The highest BCUT2D eigenvalue weighted by Gasteiger charge is 2.32. The van der Waals surface area contributed by atoms with E-state index in [-0.39, 0.29) is 17.2 Å². The Hall–Kier alpha value is -1.62. The van der Waals surface area contributed by atoms with Crippen molar-refractivity contribution in [2.24, 2.45) is 23.2 Å². The maximum absolute atomic E-state index is 13.8. The van der Waals surface area contributed by atoms with Gasteiger partial charge in [-0.2, -0.15) is 0 Å². The minimum absolute atomic E-state index is 0.0140. The number of rotatable bonds is 8. The van der Waals surface area contributed by atoms with Gasteiger partial charge in [0, 0.05) is 17.3 Å². The molecule has 33 heavy (non-hydrogen) atoms. The summed E-state index contributed by atoms with van der Waals surface area (Å²) in [5, 5.41) is 10.0. The van der Waals surface area contributed by atoms with Crippen LogP contribution in [0.25, 0.3) is 5.57 Å². The smallest absolute Gasteiger partial charge is 0.348 e. The molecule has 2 aliphatic rings. The number of anilines is 1. The van der Waals surface area contributed by atoms with E-state index in [4.69, 9.17) is 0 Å². The van der Waals surface area contributed by atoms with E-state index < -0.39 is 5.97 Å². The first-order chi connectivity index (χ1) is 15.6. The molecule has 1 unspecified atom stereocenters. The normalized spacial score (nSPS) is 22.5. The molecule has 0 aromatic carbocycles. The first-order valence-corrected chi connectivity index (χ1v) is 13.8. The number of carboxylic acids is 1. The van der Waals surface area contributed by atoms with Crippen LogP contribution in [0, 0.1) is 23.2 Å². The number of nitrogens with zero attached hydrogens (tertiary/aromatic N) is 1. The topological polar surface area (TPSA) is 57.6 Å². The second kappa shape index (κ2) is 11.2. The molecule has 0 aliphatic heterocycles. The average Bonchev–Trinajstić information content (AvgIpc) is 3.22. The maximum atomic E-state index is 13.8. The van der Waals surface area contributed by atoms with E-state index in [1.165, 1.54) is 23.3 Å². The predicted octanol–water partition coefficient (Wildman–Crippen LogP) is 8.03. The van der Waals surface area contributed by atoms with Gasteiger partial charge in [-0.05, 0) is 93.1 Å². The lowest BCUT2D eigenvalue weighted by Crippen LogP contribution is -2.39. The number of hydrogen-bond donors (Lipinski definition) is 1. The van der Waals surface area contributed by atoms with E-state index >= 15 is 0 Å². The Kier molecular flexibility index (Phi) is 8.82. The monoisotopic (exact) mass is 473 g/mol. The van der Waals surface area contributed by atoms with E-state index in [9.17, 15) is 14.7 Å². The zero-order valence-corrected chi connectivity index (χ0v) is 22.1. The summed E-state index contributed by atoms with van der Waals surface area (Å²) in [6, 6.07) is 2.00. The van der Waals surface area contributed by atoms with Gasteiger partial charge in [-0.3, -0.25) is 4.79 Å². The predicted molar refractivity (Wildman–Crippen MR) is 139 cm³/mol. The second-order valence-corrected chi connectivity index (χ2v) is 12.5. The van der Waals surface area contributed by atoms with E-state index in [0.717, 1.165) is 62.7 Å². The summed E-state index contributed by atoms with van der Waals surface area (Å²) in [6.07, 6.45) is 12.6. The molecule has 0 bridgehead atoms. The van der Waals surface area contributed by atoms with Crippen molar-refractivity contribution in [3.8, 4) is 0 Å². The van der Waals surface area contributed by atoms with Crippen molar-refractivity contribution in [3.05, 3.63) is 21.9 Å². The van der Waals surface area contributed by atoms with Crippen LogP contribution in [-0.2, 0) is 4.79 Å². The van der Waals surface area contributed by atoms with Crippen molar-refractivity contribution in [1.29, 1.82) is 0 Å².